The first-order valence-corrected chi connectivity index (χ1v) is 10.8. The Morgan fingerprint density at radius 3 is 2.32 bits per heavy atom. The first-order valence-electron chi connectivity index (χ1n) is 10.8. The predicted octanol–water partition coefficient (Wildman–Crippen LogP) is 3.81. The summed E-state index contributed by atoms with van der Waals surface area (Å²) in [5.74, 6) is 0.636. The zero-order chi connectivity index (χ0) is 22.1. The van der Waals surface area contributed by atoms with Crippen molar-refractivity contribution in [1.82, 2.24) is 4.57 Å². The van der Waals surface area contributed by atoms with Crippen LogP contribution in [0, 0.1) is 0 Å². The minimum absolute atomic E-state index is 0.0786. The number of para-hydroxylation sites is 1. The molecule has 0 saturated carbocycles. The number of hydrogen-bond acceptors (Lipinski definition) is 4. The summed E-state index contributed by atoms with van der Waals surface area (Å²) in [6, 6.07) is 16.0. The summed E-state index contributed by atoms with van der Waals surface area (Å²) in [4.78, 5) is 27.3. The van der Waals surface area contributed by atoms with Crippen molar-refractivity contribution in [3.63, 3.8) is 0 Å². The number of nitrogens with zero attached hydrogens (tertiary/aromatic N) is 2. The number of aryl methyl sites for hydroxylation is 1. The number of pyridine rings is 1. The molecule has 0 atom stereocenters. The van der Waals surface area contributed by atoms with Gasteiger partial charge in [0.15, 0.2) is 0 Å². The molecule has 2 aromatic carbocycles. The molecule has 6 nitrogen and oxygen atoms in total. The number of carbonyl (C=O) groups excluding carboxylic acids is 1. The van der Waals surface area contributed by atoms with Crippen molar-refractivity contribution in [3.8, 4) is 5.75 Å². The molecule has 0 unspecified atom stereocenters. The molecule has 162 valence electrons. The quantitative estimate of drug-likeness (QED) is 0.682. The Labute approximate surface area is 182 Å². The smallest absolute Gasteiger partial charge is 0.265 e. The van der Waals surface area contributed by atoms with Gasteiger partial charge in [-0.25, -0.2) is 0 Å². The number of benzene rings is 2. The third kappa shape index (κ3) is 4.02. The number of hydrogen-bond donors (Lipinski definition) is 1. The first-order chi connectivity index (χ1) is 14.9. The number of amides is 1. The molecule has 1 amide bonds. The number of rotatable bonds is 5. The van der Waals surface area contributed by atoms with Gasteiger partial charge in [0.2, 0.25) is 0 Å². The fourth-order valence-electron chi connectivity index (χ4n) is 4.56. The van der Waals surface area contributed by atoms with Gasteiger partial charge in [-0.2, -0.15) is 0 Å². The van der Waals surface area contributed by atoms with Crippen molar-refractivity contribution in [2.75, 3.05) is 18.0 Å². The molecule has 1 fully saturated rings. The number of carbonyl (C=O) groups is 1. The number of anilines is 1. The maximum absolute atomic E-state index is 12.9. The summed E-state index contributed by atoms with van der Waals surface area (Å²) in [5.41, 5.74) is 8.16. The number of primary amides is 1. The molecule has 1 aliphatic rings. The van der Waals surface area contributed by atoms with Crippen LogP contribution in [0.1, 0.15) is 48.5 Å². The number of piperidine rings is 1. The highest BCUT2D eigenvalue weighted by Gasteiger charge is 2.27. The first kappa shape index (κ1) is 21.0. The lowest BCUT2D eigenvalue weighted by Gasteiger charge is -2.35. The SMILES string of the molecule is CC(C)Oc1ccc(C2CCN(c3c(C(N)=O)c(=O)n(C)c4ccccc34)CC2)cc1. The van der Waals surface area contributed by atoms with E-state index in [9.17, 15) is 9.59 Å². The fourth-order valence-corrected chi connectivity index (χ4v) is 4.56. The van der Waals surface area contributed by atoms with Gasteiger partial charge >= 0.3 is 0 Å². The molecule has 3 aromatic rings. The van der Waals surface area contributed by atoms with E-state index in [1.807, 2.05) is 50.2 Å². The molecule has 2 N–H and O–H groups in total. The highest BCUT2D eigenvalue weighted by atomic mass is 16.5. The molecule has 0 radical (unpaired) electrons. The fraction of sp³-hybridized carbons (Fsp3) is 0.360. The van der Waals surface area contributed by atoms with E-state index in [0.29, 0.717) is 11.6 Å². The summed E-state index contributed by atoms with van der Waals surface area (Å²) in [5, 5.41) is 0.882. The summed E-state index contributed by atoms with van der Waals surface area (Å²) >= 11 is 0. The lowest BCUT2D eigenvalue weighted by atomic mass is 9.88. The Balaban J connectivity index is 1.62. The number of aromatic nitrogens is 1. The van der Waals surface area contributed by atoms with Crippen LogP contribution < -0.4 is 20.9 Å². The summed E-state index contributed by atoms with van der Waals surface area (Å²) in [7, 11) is 1.68. The van der Waals surface area contributed by atoms with Crippen LogP contribution in [-0.2, 0) is 7.05 Å². The van der Waals surface area contributed by atoms with Crippen LogP contribution in [0.15, 0.2) is 53.3 Å². The van der Waals surface area contributed by atoms with Crippen LogP contribution in [0.2, 0.25) is 0 Å². The molecule has 31 heavy (non-hydrogen) atoms. The lowest BCUT2D eigenvalue weighted by molar-refractivity contribution is 0.0999. The molecular weight excluding hydrogens is 390 g/mol. The predicted molar refractivity (Wildman–Crippen MR) is 124 cm³/mol. The largest absolute Gasteiger partial charge is 0.491 e. The van der Waals surface area contributed by atoms with Crippen LogP contribution in [0.5, 0.6) is 5.75 Å². The van der Waals surface area contributed by atoms with Gasteiger partial charge in [-0.05, 0) is 56.4 Å². The normalized spacial score (nSPS) is 14.9. The summed E-state index contributed by atoms with van der Waals surface area (Å²) in [6.45, 7) is 5.55. The van der Waals surface area contributed by atoms with Crippen molar-refractivity contribution >= 4 is 22.5 Å². The average molecular weight is 420 g/mol. The topological polar surface area (TPSA) is 77.6 Å². The second-order valence-electron chi connectivity index (χ2n) is 8.47. The monoisotopic (exact) mass is 419 g/mol. The second kappa shape index (κ2) is 8.46. The molecule has 2 heterocycles. The number of nitrogens with two attached hydrogens (primary N) is 1. The molecule has 1 saturated heterocycles. The van der Waals surface area contributed by atoms with E-state index < -0.39 is 5.91 Å². The van der Waals surface area contributed by atoms with Gasteiger partial charge in [0.1, 0.15) is 11.3 Å². The minimum Gasteiger partial charge on any atom is -0.491 e. The minimum atomic E-state index is -0.677. The van der Waals surface area contributed by atoms with Crippen LogP contribution in [0.25, 0.3) is 10.9 Å². The Morgan fingerprint density at radius 2 is 1.71 bits per heavy atom. The Kier molecular flexibility index (Phi) is 5.72. The number of fused-ring (bicyclic) bond motifs is 1. The number of ether oxygens (including phenoxy) is 1. The van der Waals surface area contributed by atoms with Gasteiger partial charge in [-0.15, -0.1) is 0 Å². The van der Waals surface area contributed by atoms with Gasteiger partial charge in [0.25, 0.3) is 11.5 Å². The van der Waals surface area contributed by atoms with Crippen molar-refractivity contribution in [1.29, 1.82) is 0 Å². The molecule has 1 aliphatic heterocycles. The molecule has 0 bridgehead atoms. The van der Waals surface area contributed by atoms with E-state index in [1.165, 1.54) is 10.1 Å². The zero-order valence-electron chi connectivity index (χ0n) is 18.3. The lowest BCUT2D eigenvalue weighted by Crippen LogP contribution is -2.38. The van der Waals surface area contributed by atoms with Crippen molar-refractivity contribution < 1.29 is 9.53 Å². The van der Waals surface area contributed by atoms with Gasteiger partial charge in [0.05, 0.1) is 17.3 Å². The molecule has 0 spiro atoms. The highest BCUT2D eigenvalue weighted by molar-refractivity contribution is 6.06. The summed E-state index contributed by atoms with van der Waals surface area (Å²) < 4.78 is 7.25. The molecule has 1 aromatic heterocycles. The standard InChI is InChI=1S/C25H29N3O3/c1-16(2)31-19-10-8-17(9-11-19)18-12-14-28(15-13-18)23-20-6-4-5-7-21(20)27(3)25(30)22(23)24(26)29/h4-11,16,18H,12-15H2,1-3H3,(H2,26,29). The molecule has 6 heteroatoms. The maximum atomic E-state index is 12.9. The molecular formula is C25H29N3O3. The van der Waals surface area contributed by atoms with Crippen molar-refractivity contribution in [2.24, 2.45) is 12.8 Å². The van der Waals surface area contributed by atoms with Crippen LogP contribution in [0.3, 0.4) is 0 Å². The van der Waals surface area contributed by atoms with E-state index >= 15 is 0 Å². The van der Waals surface area contributed by atoms with Crippen molar-refractivity contribution in [2.45, 2.75) is 38.7 Å². The van der Waals surface area contributed by atoms with E-state index in [-0.39, 0.29) is 17.2 Å². The van der Waals surface area contributed by atoms with Gasteiger partial charge in [0, 0.05) is 25.5 Å². The molecule has 4 rings (SSSR count). The van der Waals surface area contributed by atoms with Gasteiger partial charge in [-0.3, -0.25) is 9.59 Å². The van der Waals surface area contributed by atoms with E-state index in [4.69, 9.17) is 10.5 Å². The molecule has 0 aliphatic carbocycles. The van der Waals surface area contributed by atoms with Crippen LogP contribution >= 0.6 is 0 Å². The van der Waals surface area contributed by atoms with Gasteiger partial charge < -0.3 is 19.9 Å². The Morgan fingerprint density at radius 1 is 1.06 bits per heavy atom. The Hall–Kier alpha value is -3.28. The van der Waals surface area contributed by atoms with Crippen LogP contribution in [-0.4, -0.2) is 29.7 Å². The third-order valence-corrected chi connectivity index (χ3v) is 6.06. The van der Waals surface area contributed by atoms with Crippen LogP contribution in [0.4, 0.5) is 5.69 Å². The third-order valence-electron chi connectivity index (χ3n) is 6.06. The Bertz CT molecular complexity index is 1160. The van der Waals surface area contributed by atoms with E-state index in [0.717, 1.165) is 42.6 Å². The van der Waals surface area contributed by atoms with E-state index in [1.54, 1.807) is 7.05 Å². The zero-order valence-corrected chi connectivity index (χ0v) is 18.3. The summed E-state index contributed by atoms with van der Waals surface area (Å²) in [6.07, 6.45) is 2.03. The average Bonchev–Trinajstić information content (AvgIpc) is 2.76. The van der Waals surface area contributed by atoms with Crippen molar-refractivity contribution in [3.05, 3.63) is 70.0 Å². The highest BCUT2D eigenvalue weighted by Crippen LogP contribution is 2.35. The second-order valence-corrected chi connectivity index (χ2v) is 8.47. The van der Waals surface area contributed by atoms with E-state index in [2.05, 4.69) is 17.0 Å². The maximum Gasteiger partial charge on any atom is 0.265 e. The van der Waals surface area contributed by atoms with Gasteiger partial charge in [-0.1, -0.05) is 30.3 Å².